The first kappa shape index (κ1) is 22.4. The highest BCUT2D eigenvalue weighted by Gasteiger charge is 2.55. The van der Waals surface area contributed by atoms with Gasteiger partial charge in [0.1, 0.15) is 16.9 Å². The van der Waals surface area contributed by atoms with Crippen LogP contribution in [0.2, 0.25) is 0 Å². The number of aliphatic hydroxyl groups excluding tert-OH is 1. The molecule has 2 aliphatic rings. The Bertz CT molecular complexity index is 816. The zero-order valence-corrected chi connectivity index (χ0v) is 17.8. The van der Waals surface area contributed by atoms with E-state index in [1.807, 2.05) is 42.5 Å². The zero-order chi connectivity index (χ0) is 21.7. The predicted molar refractivity (Wildman–Crippen MR) is 116 cm³/mol. The smallest absolute Gasteiger partial charge is 0.253 e. The van der Waals surface area contributed by atoms with Crippen LogP contribution in [0.1, 0.15) is 31.7 Å². The van der Waals surface area contributed by atoms with Crippen molar-refractivity contribution < 1.29 is 19.5 Å². The molecule has 1 heterocycles. The summed E-state index contributed by atoms with van der Waals surface area (Å²) >= 11 is 1.15. The van der Waals surface area contributed by atoms with Crippen LogP contribution in [0.15, 0.2) is 42.5 Å². The van der Waals surface area contributed by atoms with Crippen molar-refractivity contribution in [2.75, 3.05) is 5.88 Å². The molecule has 0 aromatic heterocycles. The molecular weight excluding hydrogens is 402 g/mol. The number of allylic oxidation sites excluding steroid dienone is 1. The lowest BCUT2D eigenvalue weighted by Gasteiger charge is -2.33. The number of nitrogens with two attached hydrogens (primary N) is 1. The molecule has 1 aromatic rings. The van der Waals surface area contributed by atoms with E-state index < -0.39 is 34.6 Å². The van der Waals surface area contributed by atoms with Crippen LogP contribution in [-0.4, -0.2) is 56.5 Å². The van der Waals surface area contributed by atoms with Gasteiger partial charge in [-0.05, 0) is 38.2 Å². The summed E-state index contributed by atoms with van der Waals surface area (Å²) in [5, 5.41) is 13.4. The number of benzene rings is 1. The Kier molecular flexibility index (Phi) is 7.20. The summed E-state index contributed by atoms with van der Waals surface area (Å²) in [4.78, 5) is 39.5. The van der Waals surface area contributed by atoms with E-state index in [9.17, 15) is 19.5 Å². The Hall–Kier alpha value is -2.32. The summed E-state index contributed by atoms with van der Waals surface area (Å²) < 4.78 is -1.27. The first-order chi connectivity index (χ1) is 14.3. The highest BCUT2D eigenvalue weighted by molar-refractivity contribution is 8.01. The normalized spacial score (nSPS) is 26.9. The second-order valence-electron chi connectivity index (χ2n) is 7.80. The van der Waals surface area contributed by atoms with E-state index >= 15 is 0 Å². The summed E-state index contributed by atoms with van der Waals surface area (Å²) in [6.45, 7) is 1.58. The average molecular weight is 431 g/mol. The molecule has 161 valence electrons. The van der Waals surface area contributed by atoms with Crippen molar-refractivity contribution >= 4 is 29.5 Å². The minimum atomic E-state index is -1.38. The number of nitrogens with zero attached hydrogens (tertiary/aromatic N) is 1. The zero-order valence-electron chi connectivity index (χ0n) is 17.0. The van der Waals surface area contributed by atoms with E-state index in [0.717, 1.165) is 36.6 Å². The summed E-state index contributed by atoms with van der Waals surface area (Å²) in [5.74, 6) is -1.60. The number of carbonyl (C=O) groups excluding carboxylic acids is 3. The van der Waals surface area contributed by atoms with Gasteiger partial charge in [-0.15, -0.1) is 11.8 Å². The maximum absolute atomic E-state index is 13.1. The molecule has 8 heteroatoms. The summed E-state index contributed by atoms with van der Waals surface area (Å²) in [6, 6.07) is 8.24. The van der Waals surface area contributed by atoms with Gasteiger partial charge >= 0.3 is 0 Å². The maximum atomic E-state index is 13.1. The molecule has 30 heavy (non-hydrogen) atoms. The van der Waals surface area contributed by atoms with Gasteiger partial charge in [-0.1, -0.05) is 42.5 Å². The third-order valence-electron chi connectivity index (χ3n) is 5.61. The maximum Gasteiger partial charge on any atom is 0.253 e. The molecule has 0 spiro atoms. The molecule has 1 saturated heterocycles. The molecule has 1 unspecified atom stereocenters. The van der Waals surface area contributed by atoms with Crippen LogP contribution >= 0.6 is 11.8 Å². The molecule has 0 bridgehead atoms. The van der Waals surface area contributed by atoms with Gasteiger partial charge in [-0.25, -0.2) is 0 Å². The van der Waals surface area contributed by atoms with Gasteiger partial charge in [-0.3, -0.25) is 14.4 Å². The van der Waals surface area contributed by atoms with Crippen molar-refractivity contribution in [1.29, 1.82) is 0 Å². The lowest BCUT2D eigenvalue weighted by molar-refractivity contribution is -0.146. The summed E-state index contributed by atoms with van der Waals surface area (Å²) in [5.41, 5.74) is 6.56. The van der Waals surface area contributed by atoms with Gasteiger partial charge in [0, 0.05) is 12.5 Å². The van der Waals surface area contributed by atoms with Crippen LogP contribution in [0.25, 0.3) is 0 Å². The third kappa shape index (κ3) is 4.87. The molecule has 1 fully saturated rings. The molecule has 1 radical (unpaired) electrons. The van der Waals surface area contributed by atoms with Crippen molar-refractivity contribution in [3.05, 3.63) is 54.5 Å². The van der Waals surface area contributed by atoms with Gasteiger partial charge < -0.3 is 21.1 Å². The topological polar surface area (TPSA) is 113 Å². The monoisotopic (exact) mass is 430 g/mol. The highest BCUT2D eigenvalue weighted by atomic mass is 32.2. The van der Waals surface area contributed by atoms with Crippen LogP contribution in [0, 0.1) is 6.42 Å². The van der Waals surface area contributed by atoms with E-state index in [0.29, 0.717) is 6.42 Å². The number of aliphatic hydroxyl groups is 1. The number of nitrogens with one attached hydrogen (secondary N) is 1. The number of rotatable bonds is 7. The molecule has 4 N–H and O–H groups in total. The molecular formula is C22H28N3O4S. The van der Waals surface area contributed by atoms with Crippen LogP contribution in [-0.2, 0) is 20.8 Å². The standard InChI is InChI=1S/C22H28N3O4S/c1-22(21(23)29)18(19(27)24-16-10-6-3-7-11-16)25(14-30-22)20(28)17(26)13-12-15-8-4-2-5-9-15/h2,4-6,8-10,13,16-18,26H,3,7,11-12,14H2,1H3,(H2,23,29)(H,24,27)/t16-,17+,18?,22+/m1/s1. The van der Waals surface area contributed by atoms with Gasteiger partial charge in [0.15, 0.2) is 0 Å². The van der Waals surface area contributed by atoms with Crippen molar-refractivity contribution in [2.24, 2.45) is 5.73 Å². The lowest BCUT2D eigenvalue weighted by atomic mass is 9.95. The molecule has 7 nitrogen and oxygen atoms in total. The Labute approximate surface area is 181 Å². The Morgan fingerprint density at radius 1 is 1.37 bits per heavy atom. The third-order valence-corrected chi connectivity index (χ3v) is 7.04. The van der Waals surface area contributed by atoms with E-state index in [-0.39, 0.29) is 11.9 Å². The number of amides is 3. The fraction of sp³-hybridized carbons (Fsp3) is 0.455. The van der Waals surface area contributed by atoms with E-state index in [1.165, 1.54) is 11.3 Å². The van der Waals surface area contributed by atoms with Crippen LogP contribution in [0.5, 0.6) is 0 Å². The first-order valence-corrected chi connectivity index (χ1v) is 11.1. The highest BCUT2D eigenvalue weighted by Crippen LogP contribution is 2.40. The van der Waals surface area contributed by atoms with Gasteiger partial charge in [0.2, 0.25) is 11.8 Å². The van der Waals surface area contributed by atoms with Crippen LogP contribution in [0.3, 0.4) is 0 Å². The van der Waals surface area contributed by atoms with Crippen molar-refractivity contribution in [3.63, 3.8) is 0 Å². The fourth-order valence-corrected chi connectivity index (χ4v) is 4.99. The number of hydrogen-bond donors (Lipinski definition) is 3. The van der Waals surface area contributed by atoms with Crippen LogP contribution in [0.4, 0.5) is 0 Å². The van der Waals surface area contributed by atoms with Crippen LogP contribution < -0.4 is 11.1 Å². The SMILES string of the molecule is C[C@]1(C(N)=O)SCN(C(=O)[C@@H](O)[CH]Cc2ccccc2)C1C(=O)N[C@@H]1C=CCCC1. The van der Waals surface area contributed by atoms with E-state index in [2.05, 4.69) is 5.32 Å². The van der Waals surface area contributed by atoms with Gasteiger partial charge in [-0.2, -0.15) is 0 Å². The Morgan fingerprint density at radius 2 is 2.10 bits per heavy atom. The molecule has 1 aromatic carbocycles. The Balaban J connectivity index is 1.72. The molecule has 3 rings (SSSR count). The van der Waals surface area contributed by atoms with Gasteiger partial charge in [0.25, 0.3) is 5.91 Å². The second kappa shape index (κ2) is 9.66. The molecule has 4 atom stereocenters. The number of hydrogen-bond acceptors (Lipinski definition) is 5. The van der Waals surface area contributed by atoms with Crippen molar-refractivity contribution in [2.45, 2.75) is 55.5 Å². The number of thioether (sulfide) groups is 1. The second-order valence-corrected chi connectivity index (χ2v) is 9.19. The van der Waals surface area contributed by atoms with E-state index in [1.54, 1.807) is 6.92 Å². The number of carbonyl (C=O) groups is 3. The van der Waals surface area contributed by atoms with Gasteiger partial charge in [0.05, 0.1) is 5.88 Å². The molecule has 3 amide bonds. The first-order valence-electron chi connectivity index (χ1n) is 10.1. The largest absolute Gasteiger partial charge is 0.383 e. The fourth-order valence-electron chi connectivity index (χ4n) is 3.77. The van der Waals surface area contributed by atoms with Crippen molar-refractivity contribution in [1.82, 2.24) is 10.2 Å². The average Bonchev–Trinajstić information content (AvgIpc) is 3.11. The quantitative estimate of drug-likeness (QED) is 0.562. The summed E-state index contributed by atoms with van der Waals surface area (Å²) in [7, 11) is 0. The molecule has 0 saturated carbocycles. The Morgan fingerprint density at radius 3 is 2.73 bits per heavy atom. The summed E-state index contributed by atoms with van der Waals surface area (Å²) in [6.07, 6.45) is 7.20. The number of primary amides is 1. The molecule has 1 aliphatic heterocycles. The van der Waals surface area contributed by atoms with E-state index in [4.69, 9.17) is 5.73 Å². The molecule has 1 aliphatic carbocycles. The van der Waals surface area contributed by atoms with Crippen molar-refractivity contribution in [3.8, 4) is 0 Å². The predicted octanol–water partition coefficient (Wildman–Crippen LogP) is 1.16. The minimum Gasteiger partial charge on any atom is -0.383 e. The minimum absolute atomic E-state index is 0.104. The lowest BCUT2D eigenvalue weighted by Crippen LogP contribution is -2.60.